The maximum Gasteiger partial charge on any atom is 0.0952 e. The molecule has 3 nitrogen and oxygen atoms in total. The summed E-state index contributed by atoms with van der Waals surface area (Å²) in [6, 6.07) is 0. The summed E-state index contributed by atoms with van der Waals surface area (Å²) in [5.74, 6) is 0.870. The molecule has 2 heterocycles. The predicted molar refractivity (Wildman–Crippen MR) is 78.2 cm³/mol. The van der Waals surface area contributed by atoms with Crippen molar-refractivity contribution in [3.05, 3.63) is 17.7 Å². The molecule has 0 aromatic carbocycles. The molecule has 1 unspecified atom stereocenters. The summed E-state index contributed by atoms with van der Waals surface area (Å²) < 4.78 is 2.46. The van der Waals surface area contributed by atoms with E-state index in [0.29, 0.717) is 0 Å². The van der Waals surface area contributed by atoms with Crippen LogP contribution in [0.15, 0.2) is 6.33 Å². The summed E-state index contributed by atoms with van der Waals surface area (Å²) in [4.78, 5) is 4.69. The van der Waals surface area contributed by atoms with Gasteiger partial charge in [0, 0.05) is 19.5 Å². The third-order valence-electron chi connectivity index (χ3n) is 5.20. The summed E-state index contributed by atoms with van der Waals surface area (Å²) >= 11 is 0. The molecular formula is C16H27N3. The van der Waals surface area contributed by atoms with Crippen LogP contribution in [0.4, 0.5) is 0 Å². The molecule has 1 aliphatic heterocycles. The van der Waals surface area contributed by atoms with Crippen LogP contribution in [-0.2, 0) is 18.5 Å². The Balaban J connectivity index is 1.84. The van der Waals surface area contributed by atoms with Gasteiger partial charge < -0.3 is 9.88 Å². The number of hydrogen-bond acceptors (Lipinski definition) is 2. The fourth-order valence-corrected chi connectivity index (χ4v) is 3.86. The number of fused-ring (bicyclic) bond motifs is 1. The van der Waals surface area contributed by atoms with E-state index in [9.17, 15) is 0 Å². The van der Waals surface area contributed by atoms with E-state index < -0.39 is 0 Å². The van der Waals surface area contributed by atoms with Crippen molar-refractivity contribution in [1.82, 2.24) is 14.9 Å². The van der Waals surface area contributed by atoms with Crippen LogP contribution >= 0.6 is 0 Å². The van der Waals surface area contributed by atoms with Crippen molar-refractivity contribution in [2.75, 3.05) is 6.54 Å². The molecule has 0 spiro atoms. The first-order valence-electron chi connectivity index (χ1n) is 8.02. The van der Waals surface area contributed by atoms with Gasteiger partial charge in [0.2, 0.25) is 0 Å². The van der Waals surface area contributed by atoms with E-state index in [1.807, 2.05) is 0 Å². The number of nitrogens with one attached hydrogen (secondary N) is 1. The average Bonchev–Trinajstić information content (AvgIpc) is 2.85. The van der Waals surface area contributed by atoms with Crippen molar-refractivity contribution in [3.63, 3.8) is 0 Å². The van der Waals surface area contributed by atoms with Gasteiger partial charge in [-0.3, -0.25) is 0 Å². The van der Waals surface area contributed by atoms with E-state index in [-0.39, 0.29) is 5.54 Å². The lowest BCUT2D eigenvalue weighted by Gasteiger charge is -2.36. The second kappa shape index (κ2) is 5.28. The van der Waals surface area contributed by atoms with Gasteiger partial charge in [-0.25, -0.2) is 4.98 Å². The number of aromatic nitrogens is 2. The van der Waals surface area contributed by atoms with Gasteiger partial charge in [0.15, 0.2) is 0 Å². The molecule has 1 saturated carbocycles. The van der Waals surface area contributed by atoms with Gasteiger partial charge in [0.25, 0.3) is 0 Å². The molecule has 1 aliphatic carbocycles. The van der Waals surface area contributed by atoms with E-state index in [4.69, 9.17) is 0 Å². The minimum Gasteiger partial charge on any atom is -0.332 e. The van der Waals surface area contributed by atoms with E-state index in [0.717, 1.165) is 25.3 Å². The van der Waals surface area contributed by atoms with Crippen molar-refractivity contribution in [3.8, 4) is 0 Å². The van der Waals surface area contributed by atoms with Gasteiger partial charge in [-0.15, -0.1) is 0 Å². The van der Waals surface area contributed by atoms with Gasteiger partial charge in [0.1, 0.15) is 0 Å². The standard InChI is InChI=1S/C16H27N3/c1-3-16(2)15-14(9-10-18-16)17-12-19(15)11-13-7-5-4-6-8-13/h12-13,18H,3-11H2,1-2H3. The highest BCUT2D eigenvalue weighted by molar-refractivity contribution is 5.25. The van der Waals surface area contributed by atoms with Gasteiger partial charge in [0.05, 0.1) is 23.3 Å². The molecule has 2 aliphatic rings. The van der Waals surface area contributed by atoms with Crippen molar-refractivity contribution in [1.29, 1.82) is 0 Å². The maximum atomic E-state index is 4.69. The highest BCUT2D eigenvalue weighted by atomic mass is 15.1. The minimum atomic E-state index is 0.124. The first kappa shape index (κ1) is 13.2. The summed E-state index contributed by atoms with van der Waals surface area (Å²) in [6.45, 7) is 6.86. The Morgan fingerprint density at radius 2 is 2.16 bits per heavy atom. The summed E-state index contributed by atoms with van der Waals surface area (Å²) in [7, 11) is 0. The highest BCUT2D eigenvalue weighted by Gasteiger charge is 2.34. The lowest BCUT2D eigenvalue weighted by molar-refractivity contribution is 0.279. The van der Waals surface area contributed by atoms with Crippen molar-refractivity contribution in [2.24, 2.45) is 5.92 Å². The third kappa shape index (κ3) is 2.45. The minimum absolute atomic E-state index is 0.124. The Labute approximate surface area is 116 Å². The number of hydrogen-bond donors (Lipinski definition) is 1. The van der Waals surface area contributed by atoms with Gasteiger partial charge in [-0.05, 0) is 32.1 Å². The smallest absolute Gasteiger partial charge is 0.0952 e. The molecule has 0 saturated heterocycles. The van der Waals surface area contributed by atoms with Gasteiger partial charge >= 0.3 is 0 Å². The average molecular weight is 261 g/mol. The molecule has 19 heavy (non-hydrogen) atoms. The zero-order valence-electron chi connectivity index (χ0n) is 12.4. The van der Waals surface area contributed by atoms with Crippen molar-refractivity contribution < 1.29 is 0 Å². The quantitative estimate of drug-likeness (QED) is 0.905. The van der Waals surface area contributed by atoms with Crippen LogP contribution in [-0.4, -0.2) is 16.1 Å². The highest BCUT2D eigenvalue weighted by Crippen LogP contribution is 2.33. The summed E-state index contributed by atoms with van der Waals surface area (Å²) in [5, 5.41) is 3.70. The molecule has 3 rings (SSSR count). The molecule has 1 aromatic rings. The molecule has 0 amide bonds. The fraction of sp³-hybridized carbons (Fsp3) is 0.812. The Bertz CT molecular complexity index is 431. The van der Waals surface area contributed by atoms with Crippen LogP contribution in [0, 0.1) is 5.92 Å². The van der Waals surface area contributed by atoms with E-state index >= 15 is 0 Å². The van der Waals surface area contributed by atoms with Gasteiger partial charge in [-0.1, -0.05) is 26.2 Å². The molecule has 1 aromatic heterocycles. The Morgan fingerprint density at radius 3 is 2.89 bits per heavy atom. The first-order chi connectivity index (χ1) is 9.23. The van der Waals surface area contributed by atoms with Crippen LogP contribution in [0.2, 0.25) is 0 Å². The van der Waals surface area contributed by atoms with Crippen LogP contribution < -0.4 is 5.32 Å². The lowest BCUT2D eigenvalue weighted by Crippen LogP contribution is -2.46. The monoisotopic (exact) mass is 261 g/mol. The SMILES string of the molecule is CCC1(C)NCCc2ncn(CC3CCCCC3)c21. The predicted octanol–water partition coefficient (Wildman–Crippen LogP) is 3.23. The Morgan fingerprint density at radius 1 is 1.37 bits per heavy atom. The van der Waals surface area contributed by atoms with Crippen molar-refractivity contribution in [2.45, 2.75) is 70.9 Å². The van der Waals surface area contributed by atoms with Crippen molar-refractivity contribution >= 4 is 0 Å². The lowest BCUT2D eigenvalue weighted by atomic mass is 9.87. The topological polar surface area (TPSA) is 29.9 Å². The molecule has 0 radical (unpaired) electrons. The molecule has 0 bridgehead atoms. The second-order valence-electron chi connectivity index (χ2n) is 6.56. The number of rotatable bonds is 3. The fourth-order valence-electron chi connectivity index (χ4n) is 3.86. The second-order valence-corrected chi connectivity index (χ2v) is 6.56. The van der Waals surface area contributed by atoms with E-state index in [1.165, 1.54) is 50.0 Å². The molecule has 106 valence electrons. The number of nitrogens with zero attached hydrogens (tertiary/aromatic N) is 2. The van der Waals surface area contributed by atoms with Crippen LogP contribution in [0.25, 0.3) is 0 Å². The van der Waals surface area contributed by atoms with Crippen LogP contribution in [0.5, 0.6) is 0 Å². The zero-order chi connectivity index (χ0) is 13.3. The molecule has 1 N–H and O–H groups in total. The largest absolute Gasteiger partial charge is 0.332 e. The van der Waals surface area contributed by atoms with Crippen LogP contribution in [0.3, 0.4) is 0 Å². The number of imidazole rings is 1. The molecule has 1 fully saturated rings. The van der Waals surface area contributed by atoms with E-state index in [2.05, 4.69) is 35.0 Å². The van der Waals surface area contributed by atoms with Crippen LogP contribution in [0.1, 0.15) is 63.8 Å². The Hall–Kier alpha value is -0.830. The third-order valence-corrected chi connectivity index (χ3v) is 5.20. The Kier molecular flexibility index (Phi) is 3.66. The summed E-state index contributed by atoms with van der Waals surface area (Å²) in [5.41, 5.74) is 2.92. The first-order valence-corrected chi connectivity index (χ1v) is 8.02. The normalized spacial score (nSPS) is 28.3. The molecule has 1 atom stereocenters. The van der Waals surface area contributed by atoms with Gasteiger partial charge in [-0.2, -0.15) is 0 Å². The van der Waals surface area contributed by atoms with E-state index in [1.54, 1.807) is 0 Å². The summed E-state index contributed by atoms with van der Waals surface area (Å²) in [6.07, 6.45) is 11.4. The molecular weight excluding hydrogens is 234 g/mol. The maximum absolute atomic E-state index is 4.69. The molecule has 3 heteroatoms. The zero-order valence-corrected chi connectivity index (χ0v) is 12.4.